The van der Waals surface area contributed by atoms with Crippen LogP contribution >= 0.6 is 23.2 Å². The Morgan fingerprint density at radius 1 is 0.970 bits per heavy atom. The van der Waals surface area contributed by atoms with Crippen LogP contribution < -0.4 is 5.32 Å². The molecule has 0 aliphatic carbocycles. The van der Waals surface area contributed by atoms with E-state index in [1.165, 1.54) is 11.0 Å². The summed E-state index contributed by atoms with van der Waals surface area (Å²) in [6, 6.07) is 19.8. The Morgan fingerprint density at radius 2 is 1.67 bits per heavy atom. The van der Waals surface area contributed by atoms with Crippen LogP contribution in [0.1, 0.15) is 23.6 Å². The molecule has 0 bridgehead atoms. The lowest BCUT2D eigenvalue weighted by Gasteiger charge is -2.32. The Morgan fingerprint density at radius 3 is 2.33 bits per heavy atom. The number of nitrogens with one attached hydrogen (secondary N) is 1. The normalized spacial score (nSPS) is 11.6. The van der Waals surface area contributed by atoms with Gasteiger partial charge in [0, 0.05) is 29.6 Å². The number of carbonyl (C=O) groups is 2. The molecular weight excluding hydrogens is 462 g/mol. The zero-order valence-electron chi connectivity index (χ0n) is 18.2. The maximum absolute atomic E-state index is 14.3. The van der Waals surface area contributed by atoms with Gasteiger partial charge in [0.1, 0.15) is 11.9 Å². The number of hydrogen-bond donors (Lipinski definition) is 1. The molecule has 0 heterocycles. The van der Waals surface area contributed by atoms with E-state index in [1.54, 1.807) is 36.4 Å². The molecule has 2 amide bonds. The van der Waals surface area contributed by atoms with Gasteiger partial charge in [0.2, 0.25) is 11.8 Å². The van der Waals surface area contributed by atoms with Crippen LogP contribution in [0, 0.1) is 5.82 Å². The Bertz CT molecular complexity index is 1110. The summed E-state index contributed by atoms with van der Waals surface area (Å²) in [5.74, 6) is -1.13. The third kappa shape index (κ3) is 6.80. The first-order valence-electron chi connectivity index (χ1n) is 10.7. The van der Waals surface area contributed by atoms with E-state index >= 15 is 0 Å². The molecule has 0 aliphatic rings. The van der Waals surface area contributed by atoms with Crippen LogP contribution in [0.5, 0.6) is 0 Å². The molecular formula is C26H25Cl2FN2O2. The fraction of sp³-hybridized carbons (Fsp3) is 0.231. The van der Waals surface area contributed by atoms with Crippen molar-refractivity contribution in [2.75, 3.05) is 6.54 Å². The monoisotopic (exact) mass is 486 g/mol. The van der Waals surface area contributed by atoms with E-state index in [1.807, 2.05) is 37.3 Å². The second-order valence-electron chi connectivity index (χ2n) is 7.63. The highest BCUT2D eigenvalue weighted by Crippen LogP contribution is 2.24. The number of likely N-dealkylation sites (N-methyl/N-ethyl adjacent to an activating group) is 1. The molecule has 172 valence electrons. The second-order valence-corrected chi connectivity index (χ2v) is 8.47. The summed E-state index contributed by atoms with van der Waals surface area (Å²) in [5, 5.41) is 3.68. The molecule has 3 rings (SSSR count). The third-order valence-corrected chi connectivity index (χ3v) is 5.86. The van der Waals surface area contributed by atoms with E-state index in [-0.39, 0.29) is 30.3 Å². The number of hydrogen-bond acceptors (Lipinski definition) is 2. The summed E-state index contributed by atoms with van der Waals surface area (Å²) in [5.41, 5.74) is 1.81. The topological polar surface area (TPSA) is 49.4 Å². The standard InChI is InChI=1S/C26H25Cl2FN2O2/c1-2-30-26(33)24(14-18-8-4-3-5-9-18)31(17-20-12-13-21(27)16-22(20)28)25(32)15-19-10-6-7-11-23(19)29/h3-13,16,24H,2,14-15,17H2,1H3,(H,30,33)/t24-/m1/s1. The quantitative estimate of drug-likeness (QED) is 0.437. The van der Waals surface area contributed by atoms with Crippen LogP contribution in [-0.2, 0) is 29.0 Å². The van der Waals surface area contributed by atoms with Gasteiger partial charge in [0.25, 0.3) is 0 Å². The van der Waals surface area contributed by atoms with E-state index in [2.05, 4.69) is 5.32 Å². The van der Waals surface area contributed by atoms with Crippen molar-refractivity contribution in [3.8, 4) is 0 Å². The first kappa shape index (κ1) is 24.7. The Labute approximate surface area is 203 Å². The van der Waals surface area contributed by atoms with E-state index in [4.69, 9.17) is 23.2 Å². The Balaban J connectivity index is 1.99. The van der Waals surface area contributed by atoms with Gasteiger partial charge in [-0.3, -0.25) is 9.59 Å². The molecule has 1 N–H and O–H groups in total. The molecule has 0 fully saturated rings. The van der Waals surface area contributed by atoms with Gasteiger partial charge < -0.3 is 10.2 Å². The minimum atomic E-state index is -0.807. The van der Waals surface area contributed by atoms with Crippen molar-refractivity contribution < 1.29 is 14.0 Å². The van der Waals surface area contributed by atoms with Gasteiger partial charge in [-0.15, -0.1) is 0 Å². The van der Waals surface area contributed by atoms with Gasteiger partial charge in [0.15, 0.2) is 0 Å². The Kier molecular flexibility index (Phi) is 8.87. The van der Waals surface area contributed by atoms with Crippen LogP contribution in [0.3, 0.4) is 0 Å². The lowest BCUT2D eigenvalue weighted by atomic mass is 10.0. The highest BCUT2D eigenvalue weighted by Gasteiger charge is 2.31. The average Bonchev–Trinajstić information content (AvgIpc) is 2.79. The molecule has 0 aromatic heterocycles. The highest BCUT2D eigenvalue weighted by molar-refractivity contribution is 6.35. The van der Waals surface area contributed by atoms with Crippen LogP contribution in [0.25, 0.3) is 0 Å². The molecule has 0 aliphatic heterocycles. The first-order valence-corrected chi connectivity index (χ1v) is 11.4. The zero-order chi connectivity index (χ0) is 23.8. The van der Waals surface area contributed by atoms with Crippen LogP contribution in [0.15, 0.2) is 72.8 Å². The smallest absolute Gasteiger partial charge is 0.243 e. The summed E-state index contributed by atoms with van der Waals surface area (Å²) >= 11 is 12.4. The zero-order valence-corrected chi connectivity index (χ0v) is 19.7. The van der Waals surface area contributed by atoms with Crippen molar-refractivity contribution in [2.45, 2.75) is 32.4 Å². The molecule has 0 spiro atoms. The average molecular weight is 487 g/mol. The molecule has 3 aromatic carbocycles. The van der Waals surface area contributed by atoms with Gasteiger partial charge >= 0.3 is 0 Å². The minimum Gasteiger partial charge on any atom is -0.355 e. The van der Waals surface area contributed by atoms with E-state index in [0.717, 1.165) is 5.56 Å². The van der Waals surface area contributed by atoms with Crippen molar-refractivity contribution >= 4 is 35.0 Å². The van der Waals surface area contributed by atoms with E-state index < -0.39 is 11.9 Å². The number of rotatable bonds is 9. The first-order chi connectivity index (χ1) is 15.9. The Hall–Kier alpha value is -2.89. The SMILES string of the molecule is CCNC(=O)[C@@H](Cc1ccccc1)N(Cc1ccc(Cl)cc1Cl)C(=O)Cc1ccccc1F. The molecule has 0 radical (unpaired) electrons. The van der Waals surface area contributed by atoms with Crippen molar-refractivity contribution in [1.82, 2.24) is 10.2 Å². The fourth-order valence-corrected chi connectivity index (χ4v) is 4.05. The van der Waals surface area contributed by atoms with Crippen LogP contribution in [0.2, 0.25) is 10.0 Å². The van der Waals surface area contributed by atoms with Crippen LogP contribution in [-0.4, -0.2) is 29.3 Å². The van der Waals surface area contributed by atoms with Gasteiger partial charge in [0.05, 0.1) is 6.42 Å². The second kappa shape index (κ2) is 11.8. The summed E-state index contributed by atoms with van der Waals surface area (Å²) in [6.45, 7) is 2.32. The molecule has 3 aromatic rings. The summed E-state index contributed by atoms with van der Waals surface area (Å²) in [4.78, 5) is 28.1. The van der Waals surface area contributed by atoms with Gasteiger partial charge in [-0.25, -0.2) is 4.39 Å². The maximum Gasteiger partial charge on any atom is 0.243 e. The van der Waals surface area contributed by atoms with Crippen LogP contribution in [0.4, 0.5) is 4.39 Å². The molecule has 33 heavy (non-hydrogen) atoms. The van der Waals surface area contributed by atoms with Crippen molar-refractivity contribution in [3.05, 3.63) is 105 Å². The number of amides is 2. The van der Waals surface area contributed by atoms with Crippen molar-refractivity contribution in [1.29, 1.82) is 0 Å². The molecule has 0 unspecified atom stereocenters. The number of halogens is 3. The van der Waals surface area contributed by atoms with E-state index in [0.29, 0.717) is 28.6 Å². The lowest BCUT2D eigenvalue weighted by Crippen LogP contribution is -2.51. The molecule has 1 atom stereocenters. The number of benzene rings is 3. The van der Waals surface area contributed by atoms with Gasteiger partial charge in [-0.2, -0.15) is 0 Å². The lowest BCUT2D eigenvalue weighted by molar-refractivity contribution is -0.140. The minimum absolute atomic E-state index is 0.0813. The molecule has 0 saturated carbocycles. The highest BCUT2D eigenvalue weighted by atomic mass is 35.5. The molecule has 7 heteroatoms. The summed E-state index contributed by atoms with van der Waals surface area (Å²) in [6.07, 6.45) is 0.128. The predicted molar refractivity (Wildman–Crippen MR) is 130 cm³/mol. The predicted octanol–water partition coefficient (Wildman–Crippen LogP) is 5.45. The summed E-state index contributed by atoms with van der Waals surface area (Å²) < 4.78 is 14.3. The summed E-state index contributed by atoms with van der Waals surface area (Å²) in [7, 11) is 0. The fourth-order valence-electron chi connectivity index (χ4n) is 3.59. The molecule has 4 nitrogen and oxygen atoms in total. The maximum atomic E-state index is 14.3. The van der Waals surface area contributed by atoms with Gasteiger partial charge in [-0.1, -0.05) is 77.8 Å². The van der Waals surface area contributed by atoms with Crippen molar-refractivity contribution in [2.24, 2.45) is 0 Å². The largest absolute Gasteiger partial charge is 0.355 e. The van der Waals surface area contributed by atoms with Gasteiger partial charge in [-0.05, 0) is 41.8 Å². The number of carbonyl (C=O) groups excluding carboxylic acids is 2. The number of nitrogens with zero attached hydrogens (tertiary/aromatic N) is 1. The van der Waals surface area contributed by atoms with E-state index in [9.17, 15) is 14.0 Å². The van der Waals surface area contributed by atoms with Crippen molar-refractivity contribution in [3.63, 3.8) is 0 Å². The molecule has 0 saturated heterocycles. The third-order valence-electron chi connectivity index (χ3n) is 5.28.